The molecular formula is C27H34N2O2S. The fraction of sp³-hybridized carbons (Fsp3) is 0.407. The fourth-order valence-corrected chi connectivity index (χ4v) is 4.59. The van der Waals surface area contributed by atoms with Crippen LogP contribution in [-0.4, -0.2) is 28.1 Å². The van der Waals surface area contributed by atoms with Crippen LogP contribution in [-0.2, 0) is 22.0 Å². The Hall–Kier alpha value is -2.53. The average Bonchev–Trinajstić information content (AvgIpc) is 2.96. The molecule has 2 aromatic carbocycles. The Morgan fingerprint density at radius 2 is 1.53 bits per heavy atom. The first-order chi connectivity index (χ1) is 14.8. The van der Waals surface area contributed by atoms with E-state index in [1.54, 1.807) is 11.9 Å². The number of phenols is 1. The molecule has 0 saturated carbocycles. The Bertz CT molecular complexity index is 1050. The summed E-state index contributed by atoms with van der Waals surface area (Å²) in [6, 6.07) is 12.1. The maximum absolute atomic E-state index is 12.9. The molecule has 1 saturated heterocycles. The first-order valence-corrected chi connectivity index (χ1v) is 11.9. The molecule has 2 aromatic rings. The molecule has 1 aliphatic rings. The molecule has 1 heterocycles. The molecule has 170 valence electrons. The molecule has 4 nitrogen and oxygen atoms in total. The number of hydrogen-bond donors (Lipinski definition) is 1. The van der Waals surface area contributed by atoms with Crippen molar-refractivity contribution < 1.29 is 9.90 Å². The first-order valence-electron chi connectivity index (χ1n) is 11.0. The third kappa shape index (κ3) is 5.09. The van der Waals surface area contributed by atoms with Gasteiger partial charge in [0.2, 0.25) is 0 Å². The Labute approximate surface area is 196 Å². The Morgan fingerprint density at radius 1 is 1.00 bits per heavy atom. The van der Waals surface area contributed by atoms with Crippen molar-refractivity contribution in [3.63, 3.8) is 0 Å². The number of likely N-dealkylation sites (N-methyl/N-ethyl adjacent to an activating group) is 1. The number of amides is 1. The maximum Gasteiger partial charge on any atom is 0.266 e. The molecule has 3 rings (SSSR count). The number of carbonyl (C=O) groups is 1. The van der Waals surface area contributed by atoms with E-state index in [2.05, 4.69) is 65.6 Å². The molecule has 5 heteroatoms. The van der Waals surface area contributed by atoms with Gasteiger partial charge in [-0.1, -0.05) is 60.6 Å². The van der Waals surface area contributed by atoms with Crippen molar-refractivity contribution in [3.8, 4) is 5.75 Å². The predicted octanol–water partition coefficient (Wildman–Crippen LogP) is 6.78. The highest BCUT2D eigenvalue weighted by molar-refractivity contribution is 8.18. The number of thioether (sulfide) groups is 1. The molecule has 1 amide bonds. The van der Waals surface area contributed by atoms with Gasteiger partial charge >= 0.3 is 0 Å². The summed E-state index contributed by atoms with van der Waals surface area (Å²) in [5, 5.41) is 11.6. The zero-order valence-corrected chi connectivity index (χ0v) is 21.2. The topological polar surface area (TPSA) is 52.9 Å². The van der Waals surface area contributed by atoms with E-state index >= 15 is 0 Å². The summed E-state index contributed by atoms with van der Waals surface area (Å²) in [4.78, 5) is 19.9. The standard InChI is InChI=1S/C27H34N2O2S/c1-9-17-10-12-19(13-11-17)28-25-29(8)24(31)22(32-25)16-18-14-20(26(2,3)4)23(30)21(15-18)27(5,6)7/h10-16,30H,9H2,1-8H3/b22-16+,28-25?. The highest BCUT2D eigenvalue weighted by Gasteiger charge is 2.31. The van der Waals surface area contributed by atoms with E-state index in [-0.39, 0.29) is 16.7 Å². The number of rotatable bonds is 3. The van der Waals surface area contributed by atoms with Crippen molar-refractivity contribution in [2.75, 3.05) is 7.05 Å². The van der Waals surface area contributed by atoms with Gasteiger partial charge in [0.15, 0.2) is 5.17 Å². The van der Waals surface area contributed by atoms with Gasteiger partial charge < -0.3 is 5.11 Å². The highest BCUT2D eigenvalue weighted by atomic mass is 32.2. The number of nitrogens with zero attached hydrogens (tertiary/aromatic N) is 2. The first kappa shape index (κ1) is 24.1. The van der Waals surface area contributed by atoms with Crippen LogP contribution in [0.25, 0.3) is 6.08 Å². The lowest BCUT2D eigenvalue weighted by Gasteiger charge is -2.28. The number of phenolic OH excluding ortho intramolecular Hbond substituents is 1. The zero-order chi connectivity index (χ0) is 23.8. The monoisotopic (exact) mass is 450 g/mol. The SMILES string of the molecule is CCc1ccc(N=C2S/C(=C/c3cc(C(C)(C)C)c(O)c(C(C)(C)C)c3)C(=O)N2C)cc1. The van der Waals surface area contributed by atoms with E-state index in [1.807, 2.05) is 30.3 Å². The second-order valence-electron chi connectivity index (χ2n) is 10.4. The number of amidine groups is 1. The van der Waals surface area contributed by atoms with Gasteiger partial charge in [-0.3, -0.25) is 9.69 Å². The minimum absolute atomic E-state index is 0.0679. The Balaban J connectivity index is 2.02. The van der Waals surface area contributed by atoms with Crippen molar-refractivity contribution in [1.29, 1.82) is 0 Å². The van der Waals surface area contributed by atoms with Gasteiger partial charge in [0, 0.05) is 18.2 Å². The van der Waals surface area contributed by atoms with Crippen molar-refractivity contribution >= 4 is 34.6 Å². The van der Waals surface area contributed by atoms with E-state index in [1.165, 1.54) is 17.3 Å². The third-order valence-electron chi connectivity index (χ3n) is 5.62. The van der Waals surface area contributed by atoms with Crippen LogP contribution in [0.3, 0.4) is 0 Å². The van der Waals surface area contributed by atoms with Crippen molar-refractivity contribution in [2.24, 2.45) is 4.99 Å². The molecule has 1 N–H and O–H groups in total. The largest absolute Gasteiger partial charge is 0.507 e. The molecule has 0 unspecified atom stereocenters. The van der Waals surface area contributed by atoms with Crippen molar-refractivity contribution in [3.05, 3.63) is 63.6 Å². The van der Waals surface area contributed by atoms with Gasteiger partial charge in [0.25, 0.3) is 5.91 Å². The molecule has 0 atom stereocenters. The van der Waals surface area contributed by atoms with Crippen LogP contribution in [0.2, 0.25) is 0 Å². The predicted molar refractivity (Wildman–Crippen MR) is 137 cm³/mol. The Kier molecular flexibility index (Phi) is 6.62. The van der Waals surface area contributed by atoms with Crippen LogP contribution in [0.4, 0.5) is 5.69 Å². The van der Waals surface area contributed by atoms with Crippen LogP contribution in [0.5, 0.6) is 5.75 Å². The van der Waals surface area contributed by atoms with E-state index in [9.17, 15) is 9.90 Å². The summed E-state index contributed by atoms with van der Waals surface area (Å²) in [5.74, 6) is 0.272. The number of carbonyl (C=O) groups excluding carboxylic acids is 1. The van der Waals surface area contributed by atoms with E-state index in [4.69, 9.17) is 0 Å². The summed E-state index contributed by atoms with van der Waals surface area (Å²) in [6.07, 6.45) is 2.90. The zero-order valence-electron chi connectivity index (χ0n) is 20.4. The van der Waals surface area contributed by atoms with Gasteiger partial charge in [-0.25, -0.2) is 4.99 Å². The third-order valence-corrected chi connectivity index (χ3v) is 6.68. The summed E-state index contributed by atoms with van der Waals surface area (Å²) in [5.41, 5.74) is 4.32. The second-order valence-corrected chi connectivity index (χ2v) is 11.4. The van der Waals surface area contributed by atoms with Crippen molar-refractivity contribution in [1.82, 2.24) is 4.90 Å². The number of hydrogen-bond acceptors (Lipinski definition) is 4. The van der Waals surface area contributed by atoms with E-state index < -0.39 is 0 Å². The molecule has 0 aliphatic carbocycles. The number of aliphatic imine (C=N–C) groups is 1. The van der Waals surface area contributed by atoms with Gasteiger partial charge in [-0.15, -0.1) is 0 Å². The number of benzene rings is 2. The normalized spacial score (nSPS) is 17.6. The quantitative estimate of drug-likeness (QED) is 0.524. The molecular weight excluding hydrogens is 416 g/mol. The Morgan fingerprint density at radius 3 is 2.00 bits per heavy atom. The summed E-state index contributed by atoms with van der Waals surface area (Å²) >= 11 is 1.38. The number of aryl methyl sites for hydroxylation is 1. The van der Waals surface area contributed by atoms with Gasteiger partial charge in [-0.2, -0.15) is 0 Å². The lowest BCUT2D eigenvalue weighted by molar-refractivity contribution is -0.121. The minimum atomic E-state index is -0.223. The van der Waals surface area contributed by atoms with Crippen LogP contribution in [0.1, 0.15) is 70.7 Å². The maximum atomic E-state index is 12.9. The fourth-order valence-electron chi connectivity index (χ4n) is 3.60. The molecule has 32 heavy (non-hydrogen) atoms. The van der Waals surface area contributed by atoms with Crippen LogP contribution >= 0.6 is 11.8 Å². The number of aromatic hydroxyl groups is 1. The summed E-state index contributed by atoms with van der Waals surface area (Å²) < 4.78 is 0. The van der Waals surface area contributed by atoms with Crippen LogP contribution in [0.15, 0.2) is 46.3 Å². The molecule has 0 radical (unpaired) electrons. The lowest BCUT2D eigenvalue weighted by atomic mass is 9.78. The van der Waals surface area contributed by atoms with Gasteiger partial charge in [-0.05, 0) is 70.5 Å². The van der Waals surface area contributed by atoms with Crippen LogP contribution in [0, 0.1) is 0 Å². The highest BCUT2D eigenvalue weighted by Crippen LogP contribution is 2.41. The summed E-state index contributed by atoms with van der Waals surface area (Å²) in [7, 11) is 1.76. The molecule has 1 aliphatic heterocycles. The van der Waals surface area contributed by atoms with Gasteiger partial charge in [0.05, 0.1) is 10.6 Å². The average molecular weight is 451 g/mol. The second kappa shape index (κ2) is 8.78. The molecule has 0 aromatic heterocycles. The van der Waals surface area contributed by atoms with Crippen molar-refractivity contribution in [2.45, 2.75) is 65.7 Å². The summed E-state index contributed by atoms with van der Waals surface area (Å²) in [6.45, 7) is 14.6. The van der Waals surface area contributed by atoms with E-state index in [0.717, 1.165) is 28.8 Å². The molecule has 1 fully saturated rings. The minimum Gasteiger partial charge on any atom is -0.507 e. The smallest absolute Gasteiger partial charge is 0.266 e. The molecule has 0 spiro atoms. The van der Waals surface area contributed by atoms with Gasteiger partial charge in [0.1, 0.15) is 5.75 Å². The van der Waals surface area contributed by atoms with Crippen LogP contribution < -0.4 is 0 Å². The lowest BCUT2D eigenvalue weighted by Crippen LogP contribution is -2.23. The molecule has 0 bridgehead atoms. The van der Waals surface area contributed by atoms with E-state index in [0.29, 0.717) is 15.8 Å².